The Bertz CT molecular complexity index is 1210. The van der Waals surface area contributed by atoms with Crippen molar-refractivity contribution in [2.45, 2.75) is 26.4 Å². The number of rotatable bonds is 6. The molecule has 154 valence electrons. The molecule has 4 aromatic rings. The van der Waals surface area contributed by atoms with E-state index in [4.69, 9.17) is 0 Å². The number of nitrogens with one attached hydrogen (secondary N) is 1. The zero-order valence-corrected chi connectivity index (χ0v) is 17.6. The van der Waals surface area contributed by atoms with Crippen LogP contribution in [0.1, 0.15) is 23.4 Å². The first-order valence-corrected chi connectivity index (χ1v) is 10.0. The van der Waals surface area contributed by atoms with Gasteiger partial charge in [-0.25, -0.2) is 8.78 Å². The standard InChI is InChI=1S/C21H18BrF2N5O/c1-13-19(22)20(21(23)24)27-29(13)12-18(30)26-16-9-25-28(11-16)10-15-7-4-6-14-5-2-3-8-17(14)15/h2-9,11,21H,10,12H2,1H3,(H,26,30). The molecule has 1 N–H and O–H groups in total. The van der Waals surface area contributed by atoms with Crippen molar-refractivity contribution in [1.82, 2.24) is 19.6 Å². The Hall–Kier alpha value is -3.07. The van der Waals surface area contributed by atoms with E-state index in [0.717, 1.165) is 16.3 Å². The molecule has 0 radical (unpaired) electrons. The van der Waals surface area contributed by atoms with Crippen LogP contribution in [0.3, 0.4) is 0 Å². The highest BCUT2D eigenvalue weighted by Crippen LogP contribution is 2.29. The molecule has 0 aliphatic carbocycles. The lowest BCUT2D eigenvalue weighted by atomic mass is 10.0. The second kappa shape index (κ2) is 8.35. The Morgan fingerprint density at radius 1 is 1.20 bits per heavy atom. The van der Waals surface area contributed by atoms with Crippen LogP contribution in [0.5, 0.6) is 0 Å². The van der Waals surface area contributed by atoms with E-state index in [1.165, 1.54) is 4.68 Å². The number of hydrogen-bond donors (Lipinski definition) is 1. The molecule has 0 unspecified atom stereocenters. The molecule has 0 atom stereocenters. The molecular formula is C21H18BrF2N5O. The van der Waals surface area contributed by atoms with Gasteiger partial charge in [0, 0.05) is 6.20 Å². The summed E-state index contributed by atoms with van der Waals surface area (Å²) in [7, 11) is 0. The van der Waals surface area contributed by atoms with E-state index in [9.17, 15) is 13.6 Å². The average Bonchev–Trinajstić information content (AvgIpc) is 3.27. The third-order valence-corrected chi connectivity index (χ3v) is 5.77. The second-order valence-corrected chi connectivity index (χ2v) is 7.65. The summed E-state index contributed by atoms with van der Waals surface area (Å²) in [6, 6.07) is 14.2. The molecule has 0 saturated heterocycles. The molecule has 1 amide bonds. The van der Waals surface area contributed by atoms with Crippen LogP contribution in [0, 0.1) is 6.92 Å². The number of amides is 1. The molecule has 0 saturated carbocycles. The van der Waals surface area contributed by atoms with E-state index >= 15 is 0 Å². The maximum Gasteiger partial charge on any atom is 0.283 e. The SMILES string of the molecule is Cc1c(Br)c(C(F)F)nn1CC(=O)Nc1cnn(Cc2cccc3ccccc23)c1. The van der Waals surface area contributed by atoms with Crippen molar-refractivity contribution < 1.29 is 13.6 Å². The summed E-state index contributed by atoms with van der Waals surface area (Å²) in [6.07, 6.45) is 0.574. The van der Waals surface area contributed by atoms with Crippen LogP contribution < -0.4 is 5.32 Å². The first-order chi connectivity index (χ1) is 14.4. The Balaban J connectivity index is 1.45. The van der Waals surface area contributed by atoms with Crippen molar-refractivity contribution in [1.29, 1.82) is 0 Å². The number of benzene rings is 2. The molecule has 9 heteroatoms. The molecule has 2 aromatic carbocycles. The van der Waals surface area contributed by atoms with E-state index in [1.807, 2.05) is 24.3 Å². The molecule has 0 bridgehead atoms. The topological polar surface area (TPSA) is 64.7 Å². The molecule has 0 aliphatic heterocycles. The van der Waals surface area contributed by atoms with Crippen LogP contribution in [0.15, 0.2) is 59.3 Å². The summed E-state index contributed by atoms with van der Waals surface area (Å²) in [4.78, 5) is 12.4. The Labute approximate surface area is 179 Å². The lowest BCUT2D eigenvalue weighted by Gasteiger charge is -2.07. The minimum atomic E-state index is -2.71. The number of nitrogens with zero attached hydrogens (tertiary/aromatic N) is 4. The van der Waals surface area contributed by atoms with Gasteiger partial charge in [-0.3, -0.25) is 14.2 Å². The van der Waals surface area contributed by atoms with Crippen LogP contribution in [0.2, 0.25) is 0 Å². The maximum atomic E-state index is 13.0. The zero-order chi connectivity index (χ0) is 21.3. The fraction of sp³-hybridized carbons (Fsp3) is 0.190. The zero-order valence-electron chi connectivity index (χ0n) is 16.0. The predicted molar refractivity (Wildman–Crippen MR) is 114 cm³/mol. The summed E-state index contributed by atoms with van der Waals surface area (Å²) in [5.41, 5.74) is 1.74. The third-order valence-electron chi connectivity index (χ3n) is 4.79. The van der Waals surface area contributed by atoms with Crippen LogP contribution in [-0.4, -0.2) is 25.5 Å². The number of anilines is 1. The van der Waals surface area contributed by atoms with Gasteiger partial charge in [-0.15, -0.1) is 0 Å². The molecule has 4 rings (SSSR count). The van der Waals surface area contributed by atoms with Crippen LogP contribution in [0.4, 0.5) is 14.5 Å². The number of halogens is 3. The number of fused-ring (bicyclic) bond motifs is 1. The maximum absolute atomic E-state index is 13.0. The van der Waals surface area contributed by atoms with Gasteiger partial charge >= 0.3 is 0 Å². The van der Waals surface area contributed by atoms with Gasteiger partial charge in [0.05, 0.1) is 28.6 Å². The number of aromatic nitrogens is 4. The van der Waals surface area contributed by atoms with Crippen molar-refractivity contribution in [2.75, 3.05) is 5.32 Å². The summed E-state index contributed by atoms with van der Waals surface area (Å²) in [6.45, 7) is 2.00. The first kappa shape index (κ1) is 20.2. The smallest absolute Gasteiger partial charge is 0.283 e. The van der Waals surface area contributed by atoms with Crippen molar-refractivity contribution >= 4 is 38.3 Å². The monoisotopic (exact) mass is 473 g/mol. The first-order valence-electron chi connectivity index (χ1n) is 9.22. The Morgan fingerprint density at radius 2 is 1.97 bits per heavy atom. The Morgan fingerprint density at radius 3 is 2.73 bits per heavy atom. The predicted octanol–water partition coefficient (Wildman–Crippen LogP) is 4.93. The minimum Gasteiger partial charge on any atom is -0.322 e. The number of carbonyl (C=O) groups is 1. The summed E-state index contributed by atoms with van der Waals surface area (Å²) >= 11 is 3.10. The summed E-state index contributed by atoms with van der Waals surface area (Å²) in [5, 5.41) is 13.2. The number of carbonyl (C=O) groups excluding carboxylic acids is 1. The largest absolute Gasteiger partial charge is 0.322 e. The molecule has 0 spiro atoms. The lowest BCUT2D eigenvalue weighted by Crippen LogP contribution is -2.20. The molecule has 2 aromatic heterocycles. The van der Waals surface area contributed by atoms with E-state index in [0.29, 0.717) is 17.9 Å². The highest BCUT2D eigenvalue weighted by molar-refractivity contribution is 9.10. The molecule has 0 aliphatic rings. The summed E-state index contributed by atoms with van der Waals surface area (Å²) < 4.78 is 29.1. The second-order valence-electron chi connectivity index (χ2n) is 6.86. The van der Waals surface area contributed by atoms with Gasteiger partial charge in [0.2, 0.25) is 5.91 Å². The van der Waals surface area contributed by atoms with E-state index < -0.39 is 6.43 Å². The van der Waals surface area contributed by atoms with E-state index in [2.05, 4.69) is 49.6 Å². The van der Waals surface area contributed by atoms with Gasteiger partial charge in [0.15, 0.2) is 0 Å². The molecular weight excluding hydrogens is 456 g/mol. The summed E-state index contributed by atoms with van der Waals surface area (Å²) in [5.74, 6) is -0.376. The van der Waals surface area contributed by atoms with Crippen LogP contribution in [-0.2, 0) is 17.9 Å². The average molecular weight is 474 g/mol. The van der Waals surface area contributed by atoms with Gasteiger partial charge in [-0.1, -0.05) is 42.5 Å². The van der Waals surface area contributed by atoms with Crippen LogP contribution >= 0.6 is 15.9 Å². The van der Waals surface area contributed by atoms with Gasteiger partial charge in [0.1, 0.15) is 12.2 Å². The molecule has 30 heavy (non-hydrogen) atoms. The van der Waals surface area contributed by atoms with Crippen molar-refractivity contribution in [3.63, 3.8) is 0 Å². The molecule has 6 nitrogen and oxygen atoms in total. The van der Waals surface area contributed by atoms with Crippen molar-refractivity contribution in [3.05, 3.63) is 76.3 Å². The molecule has 2 heterocycles. The lowest BCUT2D eigenvalue weighted by molar-refractivity contribution is -0.117. The Kier molecular flexibility index (Phi) is 5.63. The van der Waals surface area contributed by atoms with Gasteiger partial charge in [-0.05, 0) is 39.2 Å². The molecule has 0 fully saturated rings. The van der Waals surface area contributed by atoms with Crippen molar-refractivity contribution in [2.24, 2.45) is 0 Å². The van der Waals surface area contributed by atoms with Crippen molar-refractivity contribution in [3.8, 4) is 0 Å². The fourth-order valence-electron chi connectivity index (χ4n) is 3.30. The minimum absolute atomic E-state index is 0.175. The third kappa shape index (κ3) is 4.11. The normalized spacial score (nSPS) is 11.4. The van der Waals surface area contributed by atoms with Gasteiger partial charge in [0.25, 0.3) is 6.43 Å². The van der Waals surface area contributed by atoms with E-state index in [-0.39, 0.29) is 22.6 Å². The number of hydrogen-bond acceptors (Lipinski definition) is 3. The van der Waals surface area contributed by atoms with Gasteiger partial charge in [-0.2, -0.15) is 10.2 Å². The quantitative estimate of drug-likeness (QED) is 0.431. The van der Waals surface area contributed by atoms with Gasteiger partial charge < -0.3 is 5.32 Å². The highest BCUT2D eigenvalue weighted by atomic mass is 79.9. The number of alkyl halides is 2. The van der Waals surface area contributed by atoms with E-state index in [1.54, 1.807) is 24.0 Å². The highest BCUT2D eigenvalue weighted by Gasteiger charge is 2.21. The van der Waals surface area contributed by atoms with Crippen LogP contribution in [0.25, 0.3) is 10.8 Å². The fourth-order valence-corrected chi connectivity index (χ4v) is 3.75.